The van der Waals surface area contributed by atoms with Gasteiger partial charge in [-0.25, -0.2) is 13.8 Å². The van der Waals surface area contributed by atoms with Crippen molar-refractivity contribution in [3.05, 3.63) is 120 Å². The molecular formula is C33H34N4O6S. The van der Waals surface area contributed by atoms with Crippen molar-refractivity contribution in [1.29, 1.82) is 0 Å². The fraction of sp³-hybridized carbons (Fsp3) is 0.182. The van der Waals surface area contributed by atoms with Crippen LogP contribution < -0.4 is 24.5 Å². The van der Waals surface area contributed by atoms with Gasteiger partial charge in [-0.05, 0) is 85.6 Å². The van der Waals surface area contributed by atoms with Gasteiger partial charge in [-0.1, -0.05) is 48.0 Å². The Morgan fingerprint density at radius 3 is 2.11 bits per heavy atom. The first-order valence-corrected chi connectivity index (χ1v) is 15.4. The first-order valence-electron chi connectivity index (χ1n) is 13.9. The van der Waals surface area contributed by atoms with Gasteiger partial charge in [-0.15, -0.1) is 0 Å². The second-order valence-corrected chi connectivity index (χ2v) is 11.5. The third-order valence-corrected chi connectivity index (χ3v) is 8.11. The number of anilines is 1. The number of ether oxygens (including phenoxy) is 2. The van der Waals surface area contributed by atoms with Crippen LogP contribution in [0.5, 0.6) is 11.5 Å². The van der Waals surface area contributed by atoms with Crippen LogP contribution in [0.15, 0.2) is 113 Å². The van der Waals surface area contributed by atoms with Crippen molar-refractivity contribution in [1.82, 2.24) is 10.7 Å². The molecule has 0 radical (unpaired) electrons. The maximum Gasteiger partial charge on any atom is 0.264 e. The Morgan fingerprint density at radius 2 is 1.45 bits per heavy atom. The zero-order valence-corrected chi connectivity index (χ0v) is 25.3. The van der Waals surface area contributed by atoms with Crippen LogP contribution in [-0.4, -0.2) is 46.2 Å². The van der Waals surface area contributed by atoms with E-state index in [4.69, 9.17) is 9.47 Å². The molecule has 2 amide bonds. The Balaban J connectivity index is 1.34. The summed E-state index contributed by atoms with van der Waals surface area (Å²) in [5, 5.41) is 6.78. The van der Waals surface area contributed by atoms with E-state index in [1.54, 1.807) is 60.7 Å². The zero-order chi connectivity index (χ0) is 31.4. The van der Waals surface area contributed by atoms with Gasteiger partial charge >= 0.3 is 0 Å². The lowest BCUT2D eigenvalue weighted by Crippen LogP contribution is -2.39. The van der Waals surface area contributed by atoms with E-state index in [1.807, 2.05) is 44.2 Å². The van der Waals surface area contributed by atoms with Crippen molar-refractivity contribution in [2.75, 3.05) is 24.1 Å². The van der Waals surface area contributed by atoms with Crippen molar-refractivity contribution in [2.45, 2.75) is 25.3 Å². The van der Waals surface area contributed by atoms with E-state index >= 15 is 0 Å². The number of aryl methyl sites for hydroxylation is 1. The molecule has 10 nitrogen and oxygen atoms in total. The number of hydrogen-bond acceptors (Lipinski definition) is 7. The topological polar surface area (TPSA) is 126 Å². The van der Waals surface area contributed by atoms with Crippen LogP contribution in [0.25, 0.3) is 0 Å². The van der Waals surface area contributed by atoms with Crippen molar-refractivity contribution < 1.29 is 27.5 Å². The molecule has 0 aromatic heterocycles. The molecule has 0 bridgehead atoms. The van der Waals surface area contributed by atoms with E-state index < -0.39 is 22.5 Å². The van der Waals surface area contributed by atoms with Crippen molar-refractivity contribution >= 4 is 33.7 Å². The van der Waals surface area contributed by atoms with Crippen molar-refractivity contribution in [3.8, 4) is 11.5 Å². The summed E-state index contributed by atoms with van der Waals surface area (Å²) in [6, 6.07) is 29.2. The molecule has 0 atom stereocenters. The Hall–Kier alpha value is -5.16. The minimum atomic E-state index is -4.07. The summed E-state index contributed by atoms with van der Waals surface area (Å²) in [4.78, 5) is 25.0. The number of hydrogen-bond donors (Lipinski definition) is 2. The van der Waals surface area contributed by atoms with E-state index in [1.165, 1.54) is 18.3 Å². The van der Waals surface area contributed by atoms with Crippen molar-refractivity contribution in [3.63, 3.8) is 0 Å². The predicted octanol–water partition coefficient (Wildman–Crippen LogP) is 4.43. The van der Waals surface area contributed by atoms with Gasteiger partial charge in [-0.2, -0.15) is 5.10 Å². The minimum Gasteiger partial charge on any atom is -0.494 e. The number of amides is 2. The normalized spacial score (nSPS) is 11.1. The molecule has 0 aliphatic rings. The smallest absolute Gasteiger partial charge is 0.264 e. The Morgan fingerprint density at radius 1 is 0.818 bits per heavy atom. The molecule has 4 rings (SSSR count). The van der Waals surface area contributed by atoms with Gasteiger partial charge < -0.3 is 14.8 Å². The molecule has 0 saturated carbocycles. The molecule has 0 spiro atoms. The number of hydrazone groups is 1. The molecule has 0 unspecified atom stereocenters. The number of carbonyl (C=O) groups is 2. The Labute approximate surface area is 257 Å². The second-order valence-electron chi connectivity index (χ2n) is 9.66. The van der Waals surface area contributed by atoms with Crippen LogP contribution in [-0.2, 0) is 26.2 Å². The van der Waals surface area contributed by atoms with E-state index in [0.29, 0.717) is 35.9 Å². The number of nitrogens with zero attached hydrogens (tertiary/aromatic N) is 2. The Bertz CT molecular complexity index is 1660. The van der Waals surface area contributed by atoms with E-state index in [2.05, 4.69) is 15.8 Å². The largest absolute Gasteiger partial charge is 0.494 e. The van der Waals surface area contributed by atoms with Gasteiger partial charge in [0.2, 0.25) is 0 Å². The first kappa shape index (κ1) is 31.8. The quantitative estimate of drug-likeness (QED) is 0.160. The summed E-state index contributed by atoms with van der Waals surface area (Å²) in [6.07, 6.45) is 1.42. The number of sulfonamides is 1. The summed E-state index contributed by atoms with van der Waals surface area (Å²) in [5.74, 6) is 0.201. The van der Waals surface area contributed by atoms with Crippen LogP contribution in [0.2, 0.25) is 0 Å². The van der Waals surface area contributed by atoms with Gasteiger partial charge in [0, 0.05) is 6.54 Å². The number of benzene rings is 4. The number of carbonyl (C=O) groups excluding carboxylic acids is 2. The van der Waals surface area contributed by atoms with Crippen LogP contribution in [0, 0.1) is 6.92 Å². The predicted molar refractivity (Wildman–Crippen MR) is 169 cm³/mol. The molecule has 4 aromatic rings. The third kappa shape index (κ3) is 9.17. The molecule has 228 valence electrons. The maximum absolute atomic E-state index is 13.6. The van der Waals surface area contributed by atoms with Crippen molar-refractivity contribution in [2.24, 2.45) is 5.10 Å². The highest BCUT2D eigenvalue weighted by molar-refractivity contribution is 7.92. The fourth-order valence-corrected chi connectivity index (χ4v) is 5.44. The zero-order valence-electron chi connectivity index (χ0n) is 24.5. The van der Waals surface area contributed by atoms with Gasteiger partial charge in [-0.3, -0.25) is 13.9 Å². The standard InChI is InChI=1S/C33H34N4O6S/c1-3-42-29-17-13-28(14-18-29)37(44(40,41)31-19-9-25(2)10-20-31)23-32(38)36-35-22-27-11-15-30(16-12-27)43-24-33(39)34-21-26-7-5-4-6-8-26/h4-20,22H,3,21,23-24H2,1-2H3,(H,34,39)(H,36,38)/b35-22-. The summed E-state index contributed by atoms with van der Waals surface area (Å²) in [7, 11) is -4.07. The monoisotopic (exact) mass is 614 g/mol. The molecule has 0 aliphatic carbocycles. The maximum atomic E-state index is 13.6. The summed E-state index contributed by atoms with van der Waals surface area (Å²) in [6.45, 7) is 3.96. The molecule has 0 heterocycles. The second kappa shape index (κ2) is 15.4. The van der Waals surface area contributed by atoms with E-state index in [9.17, 15) is 18.0 Å². The fourth-order valence-electron chi connectivity index (χ4n) is 4.02. The summed E-state index contributed by atoms with van der Waals surface area (Å²) in [5.41, 5.74) is 5.25. The SMILES string of the molecule is CCOc1ccc(N(CC(=O)N/N=C\c2ccc(OCC(=O)NCc3ccccc3)cc2)S(=O)(=O)c2ccc(C)cc2)cc1. The highest BCUT2D eigenvalue weighted by atomic mass is 32.2. The van der Waals surface area contributed by atoms with Gasteiger partial charge in [0.05, 0.1) is 23.4 Å². The van der Waals surface area contributed by atoms with E-state index in [0.717, 1.165) is 15.4 Å². The molecule has 4 aromatic carbocycles. The van der Waals surface area contributed by atoms with Crippen LogP contribution in [0.1, 0.15) is 23.6 Å². The van der Waals surface area contributed by atoms with Gasteiger partial charge in [0.1, 0.15) is 18.0 Å². The molecule has 0 aliphatic heterocycles. The average Bonchev–Trinajstić information content (AvgIpc) is 3.03. The van der Waals surface area contributed by atoms with Gasteiger partial charge in [0.15, 0.2) is 6.61 Å². The lowest BCUT2D eigenvalue weighted by molar-refractivity contribution is -0.123. The number of nitrogens with one attached hydrogen (secondary N) is 2. The van der Waals surface area contributed by atoms with Crippen LogP contribution >= 0.6 is 0 Å². The highest BCUT2D eigenvalue weighted by Crippen LogP contribution is 2.26. The molecule has 0 saturated heterocycles. The Kier molecular flexibility index (Phi) is 11.1. The summed E-state index contributed by atoms with van der Waals surface area (Å²) < 4.78 is 39.1. The lowest BCUT2D eigenvalue weighted by Gasteiger charge is -2.24. The molecule has 44 heavy (non-hydrogen) atoms. The summed E-state index contributed by atoms with van der Waals surface area (Å²) >= 11 is 0. The molecule has 11 heteroatoms. The average molecular weight is 615 g/mol. The highest BCUT2D eigenvalue weighted by Gasteiger charge is 2.27. The molecular weight excluding hydrogens is 580 g/mol. The third-order valence-electron chi connectivity index (χ3n) is 6.32. The lowest BCUT2D eigenvalue weighted by atomic mass is 10.2. The minimum absolute atomic E-state index is 0.0595. The number of rotatable bonds is 14. The molecule has 0 fully saturated rings. The van der Waals surface area contributed by atoms with Crippen LogP contribution in [0.4, 0.5) is 5.69 Å². The molecule has 2 N–H and O–H groups in total. The van der Waals surface area contributed by atoms with Gasteiger partial charge in [0.25, 0.3) is 21.8 Å². The van der Waals surface area contributed by atoms with E-state index in [-0.39, 0.29) is 17.4 Å². The van der Waals surface area contributed by atoms with Crippen LogP contribution in [0.3, 0.4) is 0 Å². The first-order chi connectivity index (χ1) is 21.2.